The van der Waals surface area contributed by atoms with Gasteiger partial charge in [-0.1, -0.05) is 206 Å². The average Bonchev–Trinajstić information content (AvgIpc) is 4.04. The number of hydrogen-bond acceptors (Lipinski definition) is 1. The van der Waals surface area contributed by atoms with Gasteiger partial charge in [-0.2, -0.15) is 0 Å². The molecule has 10 aromatic carbocycles. The highest BCUT2D eigenvalue weighted by atomic mass is 15.1. The molecule has 15 rings (SSSR count). The molecule has 4 aliphatic rings. The Kier molecular flexibility index (Phi) is 8.36. The third-order valence-corrected chi connectivity index (χ3v) is 16.1. The van der Waals surface area contributed by atoms with Gasteiger partial charge in [0.25, 0.3) is 0 Å². The first-order valence-electron chi connectivity index (χ1n) is 24.7. The summed E-state index contributed by atoms with van der Waals surface area (Å²) >= 11 is 0. The van der Waals surface area contributed by atoms with E-state index in [1.54, 1.807) is 0 Å². The predicted octanol–water partition coefficient (Wildman–Crippen LogP) is 16.8. The van der Waals surface area contributed by atoms with Crippen molar-refractivity contribution in [2.45, 2.75) is 23.7 Å². The van der Waals surface area contributed by atoms with Crippen molar-refractivity contribution in [3.05, 3.63) is 304 Å². The van der Waals surface area contributed by atoms with E-state index >= 15 is 0 Å². The van der Waals surface area contributed by atoms with Crippen LogP contribution in [0.3, 0.4) is 0 Å². The molecule has 11 aromatic rings. The van der Waals surface area contributed by atoms with Crippen LogP contribution in [-0.2, 0) is 17.3 Å². The van der Waals surface area contributed by atoms with Gasteiger partial charge in [0.15, 0.2) is 0 Å². The maximum atomic E-state index is 2.50. The van der Waals surface area contributed by atoms with Crippen LogP contribution in [0.15, 0.2) is 249 Å². The molecule has 0 N–H and O–H groups in total. The molecule has 2 nitrogen and oxygen atoms in total. The molecule has 1 aromatic heterocycles. The molecule has 0 atom stereocenters. The minimum Gasteiger partial charge on any atom is -0.313 e. The van der Waals surface area contributed by atoms with Crippen LogP contribution in [0.25, 0.3) is 56.0 Å². The molecule has 0 unspecified atom stereocenters. The average molecular weight is 891 g/mol. The Morgan fingerprint density at radius 3 is 1.57 bits per heavy atom. The van der Waals surface area contributed by atoms with Crippen molar-refractivity contribution in [1.82, 2.24) is 4.57 Å². The second kappa shape index (κ2) is 14.9. The molecule has 70 heavy (non-hydrogen) atoms. The summed E-state index contributed by atoms with van der Waals surface area (Å²) in [6.45, 7) is 0. The van der Waals surface area contributed by atoms with Crippen LogP contribution >= 0.6 is 0 Å². The van der Waals surface area contributed by atoms with Crippen LogP contribution in [-0.4, -0.2) is 4.57 Å². The molecule has 4 aliphatic carbocycles. The number of hydrogen-bond donors (Lipinski definition) is 0. The molecule has 2 heteroatoms. The van der Waals surface area contributed by atoms with Crippen molar-refractivity contribution in [2.75, 3.05) is 4.90 Å². The van der Waals surface area contributed by atoms with Gasteiger partial charge in [-0.15, -0.1) is 0 Å². The zero-order valence-corrected chi connectivity index (χ0v) is 38.6. The van der Waals surface area contributed by atoms with Gasteiger partial charge < -0.3 is 9.47 Å². The summed E-state index contributed by atoms with van der Waals surface area (Å²) in [5.74, 6) is 0. The van der Waals surface area contributed by atoms with Crippen molar-refractivity contribution < 1.29 is 0 Å². The van der Waals surface area contributed by atoms with Gasteiger partial charge in [-0.3, -0.25) is 0 Å². The van der Waals surface area contributed by atoms with Crippen LogP contribution in [0, 0.1) is 0 Å². The Morgan fingerprint density at radius 2 is 0.886 bits per heavy atom. The van der Waals surface area contributed by atoms with Gasteiger partial charge in [-0.05, 0) is 134 Å². The monoisotopic (exact) mass is 890 g/mol. The highest BCUT2D eigenvalue weighted by molar-refractivity contribution is 6.00. The van der Waals surface area contributed by atoms with Crippen molar-refractivity contribution in [1.29, 1.82) is 0 Å². The Morgan fingerprint density at radius 1 is 0.386 bits per heavy atom. The molecular weight excluding hydrogens is 845 g/mol. The van der Waals surface area contributed by atoms with E-state index in [1.165, 1.54) is 106 Å². The smallest absolute Gasteiger partial charge is 0.0720 e. The Labute approximate surface area is 408 Å². The predicted molar refractivity (Wildman–Crippen MR) is 289 cm³/mol. The SMILES string of the molecule is C1=Cc2c(n(-c3cccc(-c4cccc(N(c5ccccc5)c5cccc6c5-c5ccccc5C65c6ccccc6C6(c7ccccc7-c7ccccc76)c6ccccc65)c4)c3)c3ccccc23)CC1. The van der Waals surface area contributed by atoms with Crippen LogP contribution in [0.1, 0.15) is 62.2 Å². The third-order valence-electron chi connectivity index (χ3n) is 16.1. The van der Waals surface area contributed by atoms with E-state index in [0.717, 1.165) is 29.9 Å². The third kappa shape index (κ3) is 5.12. The topological polar surface area (TPSA) is 8.17 Å². The fourth-order valence-electron chi connectivity index (χ4n) is 13.6. The highest BCUT2D eigenvalue weighted by Crippen LogP contribution is 2.68. The maximum Gasteiger partial charge on any atom is 0.0720 e. The molecule has 0 amide bonds. The summed E-state index contributed by atoms with van der Waals surface area (Å²) in [4.78, 5) is 2.50. The van der Waals surface area contributed by atoms with E-state index in [-0.39, 0.29) is 0 Å². The van der Waals surface area contributed by atoms with Gasteiger partial charge in [0.2, 0.25) is 0 Å². The van der Waals surface area contributed by atoms with Crippen LogP contribution in [0.5, 0.6) is 0 Å². The zero-order chi connectivity index (χ0) is 46.0. The first-order valence-corrected chi connectivity index (χ1v) is 24.7. The van der Waals surface area contributed by atoms with Crippen molar-refractivity contribution in [3.8, 4) is 39.1 Å². The number of rotatable bonds is 5. The molecular formula is C68H46N2. The van der Waals surface area contributed by atoms with Gasteiger partial charge >= 0.3 is 0 Å². The summed E-state index contributed by atoms with van der Waals surface area (Å²) in [7, 11) is 0. The number of allylic oxidation sites excluding steroid dienone is 1. The first-order chi connectivity index (χ1) is 34.8. The molecule has 1 heterocycles. The van der Waals surface area contributed by atoms with E-state index < -0.39 is 10.8 Å². The van der Waals surface area contributed by atoms with Crippen molar-refractivity contribution in [2.24, 2.45) is 0 Å². The lowest BCUT2D eigenvalue weighted by Gasteiger charge is -2.48. The highest BCUT2D eigenvalue weighted by Gasteiger charge is 2.59. The number of benzene rings is 10. The quantitative estimate of drug-likeness (QED) is 0.167. The fraction of sp³-hybridized carbons (Fsp3) is 0.0588. The second-order valence-corrected chi connectivity index (χ2v) is 19.4. The lowest BCUT2D eigenvalue weighted by molar-refractivity contribution is 0.633. The van der Waals surface area contributed by atoms with Crippen molar-refractivity contribution in [3.63, 3.8) is 0 Å². The van der Waals surface area contributed by atoms with E-state index in [9.17, 15) is 0 Å². The lowest BCUT2D eigenvalue weighted by atomic mass is 9.52. The lowest BCUT2D eigenvalue weighted by Crippen LogP contribution is -2.43. The second-order valence-electron chi connectivity index (χ2n) is 19.4. The normalized spacial score (nSPS) is 14.6. The molecule has 0 bridgehead atoms. The Bertz CT molecular complexity index is 3880. The zero-order valence-electron chi connectivity index (χ0n) is 38.6. The van der Waals surface area contributed by atoms with E-state index in [4.69, 9.17) is 0 Å². The number of nitrogens with zero attached hydrogens (tertiary/aromatic N) is 2. The molecule has 0 saturated heterocycles. The fourth-order valence-corrected chi connectivity index (χ4v) is 13.6. The minimum atomic E-state index is -0.588. The number of aromatic nitrogens is 1. The molecule has 0 radical (unpaired) electrons. The van der Waals surface area contributed by atoms with E-state index in [0.29, 0.717) is 0 Å². The molecule has 0 saturated carbocycles. The number of para-hydroxylation sites is 2. The first kappa shape index (κ1) is 39.3. The van der Waals surface area contributed by atoms with E-state index in [2.05, 4.69) is 264 Å². The standard InChI is InChI=1S/C68H46N2/c1-2-23-47(24-3-1)69(48-25-18-21-45(43-48)46-22-19-26-49(44-46)70-63-40-16-7-29-52(63)53-30-8-17-41-64(53)70)65-42-20-39-62-66(65)54-31-6-11-34-57(54)68(62)60-37-14-12-35-58(60)67(59-36-13-15-38-61(59)68)55-32-9-4-27-50(55)51-28-5-10-33-56(51)67/h1-16,18-40,42-44H,17,41H2. The number of fused-ring (bicyclic) bond motifs is 19. The summed E-state index contributed by atoms with van der Waals surface area (Å²) < 4.78 is 2.49. The van der Waals surface area contributed by atoms with Gasteiger partial charge in [0, 0.05) is 39.3 Å². The van der Waals surface area contributed by atoms with E-state index in [1.807, 2.05) is 0 Å². The molecule has 2 spiro atoms. The summed E-state index contributed by atoms with van der Waals surface area (Å²) in [5.41, 5.74) is 25.7. The Balaban J connectivity index is 0.950. The summed E-state index contributed by atoms with van der Waals surface area (Å²) in [6.07, 6.45) is 6.72. The van der Waals surface area contributed by atoms with Gasteiger partial charge in [0.05, 0.1) is 22.0 Å². The van der Waals surface area contributed by atoms with Crippen LogP contribution in [0.4, 0.5) is 17.1 Å². The van der Waals surface area contributed by atoms with Gasteiger partial charge in [-0.25, -0.2) is 0 Å². The molecule has 0 fully saturated rings. The summed E-state index contributed by atoms with van der Waals surface area (Å²) in [6, 6.07) is 91.4. The molecule has 328 valence electrons. The minimum absolute atomic E-state index is 0.487. The summed E-state index contributed by atoms with van der Waals surface area (Å²) in [5, 5.41) is 1.31. The Hall–Kier alpha value is -8.72. The number of anilines is 3. The molecule has 0 aliphatic heterocycles. The maximum absolute atomic E-state index is 2.50. The van der Waals surface area contributed by atoms with Crippen LogP contribution < -0.4 is 4.90 Å². The van der Waals surface area contributed by atoms with Gasteiger partial charge in [0.1, 0.15) is 0 Å². The van der Waals surface area contributed by atoms with Crippen LogP contribution in [0.2, 0.25) is 0 Å². The van der Waals surface area contributed by atoms with Crippen molar-refractivity contribution >= 4 is 34.0 Å². The largest absolute Gasteiger partial charge is 0.313 e.